The minimum atomic E-state index is -1.61. The first-order valence-corrected chi connectivity index (χ1v) is 6.89. The first kappa shape index (κ1) is 18.3. The van der Waals surface area contributed by atoms with E-state index in [-0.39, 0.29) is 51.4 Å². The summed E-state index contributed by atoms with van der Waals surface area (Å²) in [5, 5.41) is 14.2. The Morgan fingerprint density at radius 1 is 1.17 bits per heavy atom. The molecule has 110 valence electrons. The Bertz CT molecular complexity index is 793. The van der Waals surface area contributed by atoms with Crippen molar-refractivity contribution in [1.29, 1.82) is 0 Å². The van der Waals surface area contributed by atoms with E-state index in [2.05, 4.69) is 10.3 Å². The third-order valence-corrected chi connectivity index (χ3v) is 3.51. The fourth-order valence-corrected chi connectivity index (χ4v) is 2.44. The summed E-state index contributed by atoms with van der Waals surface area (Å²) < 4.78 is 0. The molecule has 23 heavy (non-hydrogen) atoms. The molecule has 3 rings (SSSR count). The van der Waals surface area contributed by atoms with Crippen LogP contribution in [0.15, 0.2) is 53.5 Å². The molecular weight excluding hydrogens is 343 g/mol. The molecule has 1 heterocycles. The van der Waals surface area contributed by atoms with E-state index in [1.807, 2.05) is 6.07 Å². The number of carbonyl (C=O) groups is 2. The Morgan fingerprint density at radius 2 is 1.87 bits per heavy atom. The Morgan fingerprint density at radius 3 is 2.52 bits per heavy atom. The van der Waals surface area contributed by atoms with E-state index in [1.165, 1.54) is 0 Å². The molecule has 0 spiro atoms. The second kappa shape index (κ2) is 7.70. The molecule has 2 aromatic carbocycles. The maximum Gasteiger partial charge on any atom is 1.00 e. The summed E-state index contributed by atoms with van der Waals surface area (Å²) in [4.78, 5) is 27.3. The minimum absolute atomic E-state index is 0. The number of hydrogen-bond acceptors (Lipinski definition) is 4. The van der Waals surface area contributed by atoms with Crippen LogP contribution < -0.4 is 61.8 Å². The summed E-state index contributed by atoms with van der Waals surface area (Å²) in [7, 11) is 0. The van der Waals surface area contributed by atoms with Gasteiger partial charge >= 0.3 is 51.4 Å². The summed E-state index contributed by atoms with van der Waals surface area (Å²) in [5.74, 6) is -2.29. The van der Waals surface area contributed by atoms with Gasteiger partial charge in [-0.15, -0.1) is 0 Å². The predicted molar refractivity (Wildman–Crippen MR) is 81.0 cm³/mol. The second-order valence-corrected chi connectivity index (χ2v) is 5.18. The standard InChI is InChI=1S/C16H11ClN2O3.K/c17-10-6-7-12-11(8-10)13(9-4-2-1-3-5-9)19-14(16(21)22)15(20)18-12;/h1-8,14H,(H,18,20)(H,21,22);/q;+1/p-1. The van der Waals surface area contributed by atoms with Gasteiger partial charge in [0.1, 0.15) is 0 Å². The van der Waals surface area contributed by atoms with Crippen LogP contribution in [0.1, 0.15) is 11.1 Å². The first-order valence-electron chi connectivity index (χ1n) is 6.51. The third kappa shape index (κ3) is 3.91. The predicted octanol–water partition coefficient (Wildman–Crippen LogP) is -1.75. The van der Waals surface area contributed by atoms with Gasteiger partial charge in [-0.05, 0) is 18.2 Å². The molecule has 0 saturated carbocycles. The molecule has 0 aliphatic carbocycles. The van der Waals surface area contributed by atoms with Crippen LogP contribution in [0.25, 0.3) is 0 Å². The van der Waals surface area contributed by atoms with E-state index in [9.17, 15) is 14.7 Å². The average molecular weight is 353 g/mol. The maximum atomic E-state index is 12.0. The van der Waals surface area contributed by atoms with Crippen molar-refractivity contribution in [3.8, 4) is 0 Å². The quantitative estimate of drug-likeness (QED) is 0.514. The van der Waals surface area contributed by atoms with Gasteiger partial charge in [0.25, 0.3) is 5.91 Å². The van der Waals surface area contributed by atoms with Gasteiger partial charge in [-0.2, -0.15) is 0 Å². The summed E-state index contributed by atoms with van der Waals surface area (Å²) in [6.45, 7) is 0. The van der Waals surface area contributed by atoms with E-state index in [4.69, 9.17) is 11.6 Å². The van der Waals surface area contributed by atoms with Gasteiger partial charge in [-0.3, -0.25) is 9.79 Å². The van der Waals surface area contributed by atoms with Crippen LogP contribution in [-0.2, 0) is 9.59 Å². The number of hydrogen-bond donors (Lipinski definition) is 1. The Kier molecular flexibility index (Phi) is 6.13. The smallest absolute Gasteiger partial charge is 0.547 e. The van der Waals surface area contributed by atoms with Crippen LogP contribution in [0, 0.1) is 0 Å². The van der Waals surface area contributed by atoms with Gasteiger partial charge in [-0.25, -0.2) is 0 Å². The van der Waals surface area contributed by atoms with Crippen LogP contribution in [0.4, 0.5) is 5.69 Å². The van der Waals surface area contributed by atoms with Crippen molar-refractivity contribution in [3.05, 3.63) is 64.7 Å². The molecule has 1 N–H and O–H groups in total. The molecule has 5 nitrogen and oxygen atoms in total. The largest absolute Gasteiger partial charge is 1.00 e. The zero-order chi connectivity index (χ0) is 15.7. The van der Waals surface area contributed by atoms with Crippen molar-refractivity contribution in [3.63, 3.8) is 0 Å². The Labute approximate surface area is 180 Å². The number of anilines is 1. The van der Waals surface area contributed by atoms with E-state index in [0.29, 0.717) is 27.5 Å². The summed E-state index contributed by atoms with van der Waals surface area (Å²) in [6.07, 6.45) is 0. The van der Waals surface area contributed by atoms with E-state index in [1.54, 1.807) is 42.5 Å². The number of benzodiazepines with no additional fused rings is 1. The fourth-order valence-electron chi connectivity index (χ4n) is 2.27. The molecule has 0 radical (unpaired) electrons. The second-order valence-electron chi connectivity index (χ2n) is 4.74. The number of rotatable bonds is 2. The van der Waals surface area contributed by atoms with Crippen molar-refractivity contribution in [2.24, 2.45) is 4.99 Å². The van der Waals surface area contributed by atoms with Crippen LogP contribution >= 0.6 is 11.6 Å². The topological polar surface area (TPSA) is 81.6 Å². The van der Waals surface area contributed by atoms with Gasteiger partial charge in [0.15, 0.2) is 6.04 Å². The van der Waals surface area contributed by atoms with Crippen LogP contribution in [-0.4, -0.2) is 23.6 Å². The molecule has 1 unspecified atom stereocenters. The van der Waals surface area contributed by atoms with Gasteiger partial charge < -0.3 is 15.2 Å². The summed E-state index contributed by atoms with van der Waals surface area (Å²) in [6, 6.07) is 12.3. The molecule has 1 aliphatic heterocycles. The SMILES string of the molecule is O=C([O-])C1N=C(c2ccccc2)c2cc(Cl)ccc2NC1=O.[K+]. The number of benzene rings is 2. The van der Waals surface area contributed by atoms with Crippen molar-refractivity contribution >= 4 is 34.9 Å². The number of aliphatic imine (C=N–C) groups is 1. The monoisotopic (exact) mass is 352 g/mol. The van der Waals surface area contributed by atoms with Gasteiger partial charge in [0, 0.05) is 16.1 Å². The maximum absolute atomic E-state index is 12.0. The van der Waals surface area contributed by atoms with Gasteiger partial charge in [0.2, 0.25) is 0 Å². The molecule has 1 aliphatic rings. The van der Waals surface area contributed by atoms with Gasteiger partial charge in [0.05, 0.1) is 17.4 Å². The Balaban J connectivity index is 0.00000192. The van der Waals surface area contributed by atoms with E-state index >= 15 is 0 Å². The first-order chi connectivity index (χ1) is 10.6. The van der Waals surface area contributed by atoms with Crippen LogP contribution in [0.2, 0.25) is 5.02 Å². The van der Waals surface area contributed by atoms with Crippen molar-refractivity contribution in [2.45, 2.75) is 6.04 Å². The zero-order valence-corrected chi connectivity index (χ0v) is 16.1. The molecule has 1 atom stereocenters. The van der Waals surface area contributed by atoms with Crippen molar-refractivity contribution in [1.82, 2.24) is 0 Å². The molecular formula is C16H10ClKN2O3. The number of halogens is 1. The van der Waals surface area contributed by atoms with Gasteiger partial charge in [-0.1, -0.05) is 41.9 Å². The van der Waals surface area contributed by atoms with Crippen LogP contribution in [0.5, 0.6) is 0 Å². The number of carbonyl (C=O) groups excluding carboxylic acids is 2. The molecule has 0 bridgehead atoms. The molecule has 1 amide bonds. The average Bonchev–Trinajstić information content (AvgIpc) is 2.64. The van der Waals surface area contributed by atoms with E-state index in [0.717, 1.165) is 0 Å². The summed E-state index contributed by atoms with van der Waals surface area (Å²) >= 11 is 6.02. The molecule has 0 saturated heterocycles. The van der Waals surface area contributed by atoms with Crippen molar-refractivity contribution in [2.75, 3.05) is 5.32 Å². The number of fused-ring (bicyclic) bond motifs is 1. The number of nitrogens with one attached hydrogen (secondary N) is 1. The normalized spacial score (nSPS) is 16.3. The van der Waals surface area contributed by atoms with Crippen LogP contribution in [0.3, 0.4) is 0 Å². The molecule has 0 fully saturated rings. The molecule has 0 aromatic heterocycles. The molecule has 7 heteroatoms. The van der Waals surface area contributed by atoms with E-state index < -0.39 is 17.9 Å². The fraction of sp³-hybridized carbons (Fsp3) is 0.0625. The van der Waals surface area contributed by atoms with Crippen molar-refractivity contribution < 1.29 is 66.1 Å². The number of carboxylic acids is 1. The molecule has 2 aromatic rings. The number of nitrogens with zero attached hydrogens (tertiary/aromatic N) is 1. The number of carboxylic acid groups (broad SMARTS) is 1. The zero-order valence-electron chi connectivity index (χ0n) is 12.2. The Hall–Kier alpha value is -1.02. The number of aliphatic carboxylic acids is 1. The minimum Gasteiger partial charge on any atom is -0.547 e. The third-order valence-electron chi connectivity index (χ3n) is 3.27. The number of amides is 1. The summed E-state index contributed by atoms with van der Waals surface area (Å²) in [5.41, 5.74) is 2.09.